The molecule has 100 valence electrons. The van der Waals surface area contributed by atoms with Gasteiger partial charge in [-0.3, -0.25) is 4.90 Å². The Balaban J connectivity index is 2.07. The highest BCUT2D eigenvalue weighted by molar-refractivity contribution is 7.98. The van der Waals surface area contributed by atoms with E-state index in [2.05, 4.69) is 54.6 Å². The van der Waals surface area contributed by atoms with E-state index in [0.717, 1.165) is 19.1 Å². The Bertz CT molecular complexity index is 359. The van der Waals surface area contributed by atoms with Crippen LogP contribution in [0, 0.1) is 0 Å². The first-order valence-electron chi connectivity index (χ1n) is 6.86. The van der Waals surface area contributed by atoms with Gasteiger partial charge < -0.3 is 5.32 Å². The second-order valence-corrected chi connectivity index (χ2v) is 5.88. The van der Waals surface area contributed by atoms with Crippen molar-refractivity contribution < 1.29 is 0 Å². The number of thioether (sulfide) groups is 1. The van der Waals surface area contributed by atoms with Crippen LogP contribution < -0.4 is 5.32 Å². The van der Waals surface area contributed by atoms with Crippen molar-refractivity contribution in [1.82, 2.24) is 10.2 Å². The summed E-state index contributed by atoms with van der Waals surface area (Å²) in [6, 6.07) is 10.3. The zero-order chi connectivity index (χ0) is 13.0. The van der Waals surface area contributed by atoms with Gasteiger partial charge >= 0.3 is 0 Å². The Hall–Kier alpha value is -0.510. The van der Waals surface area contributed by atoms with Crippen molar-refractivity contribution in [2.45, 2.75) is 37.2 Å². The van der Waals surface area contributed by atoms with E-state index in [1.807, 2.05) is 0 Å². The first kappa shape index (κ1) is 13.9. The fourth-order valence-corrected chi connectivity index (χ4v) is 2.94. The molecule has 1 aliphatic rings. The van der Waals surface area contributed by atoms with Crippen LogP contribution in [0.25, 0.3) is 0 Å². The second-order valence-electron chi connectivity index (χ2n) is 5.00. The number of benzene rings is 1. The van der Waals surface area contributed by atoms with Gasteiger partial charge in [0.25, 0.3) is 0 Å². The van der Waals surface area contributed by atoms with E-state index in [-0.39, 0.29) is 0 Å². The van der Waals surface area contributed by atoms with E-state index in [4.69, 9.17) is 0 Å². The van der Waals surface area contributed by atoms with Crippen molar-refractivity contribution in [3.63, 3.8) is 0 Å². The third-order valence-electron chi connectivity index (χ3n) is 3.81. The summed E-state index contributed by atoms with van der Waals surface area (Å²) in [5.74, 6) is 0. The molecule has 1 aromatic carbocycles. The minimum absolute atomic E-state index is 0.521. The zero-order valence-corrected chi connectivity index (χ0v) is 12.5. The zero-order valence-electron chi connectivity index (χ0n) is 11.6. The third kappa shape index (κ3) is 3.08. The van der Waals surface area contributed by atoms with E-state index in [0.29, 0.717) is 6.04 Å². The number of hydrogen-bond donors (Lipinski definition) is 1. The van der Waals surface area contributed by atoms with Crippen molar-refractivity contribution in [2.75, 3.05) is 25.9 Å². The molecule has 2 rings (SSSR count). The van der Waals surface area contributed by atoms with Gasteiger partial charge in [0.1, 0.15) is 0 Å². The molecule has 1 saturated heterocycles. The van der Waals surface area contributed by atoms with Crippen LogP contribution in [0.15, 0.2) is 29.2 Å². The quantitative estimate of drug-likeness (QED) is 0.795. The summed E-state index contributed by atoms with van der Waals surface area (Å²) in [6.07, 6.45) is 3.35. The minimum Gasteiger partial charge on any atom is -0.314 e. The molecule has 0 radical (unpaired) electrons. The molecule has 0 aromatic heterocycles. The summed E-state index contributed by atoms with van der Waals surface area (Å²) in [7, 11) is 0. The lowest BCUT2D eigenvalue weighted by Gasteiger charge is -2.42. The summed E-state index contributed by atoms with van der Waals surface area (Å²) in [4.78, 5) is 3.99. The molecule has 1 N–H and O–H groups in total. The summed E-state index contributed by atoms with van der Waals surface area (Å²) >= 11 is 1.81. The molecule has 3 heteroatoms. The molecule has 1 aliphatic heterocycles. The summed E-state index contributed by atoms with van der Waals surface area (Å²) in [5.41, 5.74) is 1.44. The molecule has 18 heavy (non-hydrogen) atoms. The Morgan fingerprint density at radius 2 is 2.00 bits per heavy atom. The Morgan fingerprint density at radius 3 is 2.44 bits per heavy atom. The molecule has 1 atom stereocenters. The Kier molecular flexibility index (Phi) is 5.10. The highest BCUT2D eigenvalue weighted by atomic mass is 32.2. The van der Waals surface area contributed by atoms with Crippen molar-refractivity contribution in [3.05, 3.63) is 29.8 Å². The normalized spacial score (nSPS) is 17.8. The third-order valence-corrected chi connectivity index (χ3v) is 4.55. The Labute approximate surface area is 115 Å². The lowest BCUT2D eigenvalue weighted by atomic mass is 10.0. The SMILES string of the molecule is CCCN(C1CNC1)C(C)c1ccc(SC)cc1. The van der Waals surface area contributed by atoms with Crippen LogP contribution in [0.4, 0.5) is 0 Å². The van der Waals surface area contributed by atoms with Crippen molar-refractivity contribution in [1.29, 1.82) is 0 Å². The predicted octanol–water partition coefficient (Wildman–Crippen LogP) is 3.15. The molecular weight excluding hydrogens is 240 g/mol. The smallest absolute Gasteiger partial charge is 0.0351 e. The molecule has 2 nitrogen and oxygen atoms in total. The fraction of sp³-hybridized carbons (Fsp3) is 0.600. The van der Waals surface area contributed by atoms with Gasteiger partial charge in [0.05, 0.1) is 0 Å². The molecule has 1 heterocycles. The van der Waals surface area contributed by atoms with E-state index in [9.17, 15) is 0 Å². The standard InChI is InChI=1S/C15H24N2S/c1-4-9-17(14-10-16-11-14)12(2)13-5-7-15(18-3)8-6-13/h5-8,12,14,16H,4,9-11H2,1-3H3. The maximum Gasteiger partial charge on any atom is 0.0351 e. The van der Waals surface area contributed by atoms with Crippen molar-refractivity contribution in [2.24, 2.45) is 0 Å². The summed E-state index contributed by atoms with van der Waals surface area (Å²) < 4.78 is 0. The summed E-state index contributed by atoms with van der Waals surface area (Å²) in [5, 5.41) is 3.38. The van der Waals surface area contributed by atoms with E-state index in [1.165, 1.54) is 23.4 Å². The van der Waals surface area contributed by atoms with E-state index < -0.39 is 0 Å². The van der Waals surface area contributed by atoms with Gasteiger partial charge in [-0.05, 0) is 43.8 Å². The second kappa shape index (κ2) is 6.60. The maximum atomic E-state index is 3.38. The highest BCUT2D eigenvalue weighted by Gasteiger charge is 2.28. The number of hydrogen-bond acceptors (Lipinski definition) is 3. The van der Waals surface area contributed by atoms with Crippen LogP contribution in [0.3, 0.4) is 0 Å². The average molecular weight is 264 g/mol. The number of rotatable bonds is 6. The lowest BCUT2D eigenvalue weighted by molar-refractivity contribution is 0.103. The molecule has 0 bridgehead atoms. The molecule has 0 aliphatic carbocycles. The van der Waals surface area contributed by atoms with Gasteiger partial charge in [-0.15, -0.1) is 11.8 Å². The van der Waals surface area contributed by atoms with Crippen LogP contribution in [0.1, 0.15) is 31.9 Å². The molecular formula is C15H24N2S. The molecule has 1 fully saturated rings. The Morgan fingerprint density at radius 1 is 1.33 bits per heavy atom. The summed E-state index contributed by atoms with van der Waals surface area (Å²) in [6.45, 7) is 8.09. The van der Waals surface area contributed by atoms with Gasteiger partial charge in [0, 0.05) is 30.1 Å². The largest absolute Gasteiger partial charge is 0.314 e. The van der Waals surface area contributed by atoms with Gasteiger partial charge in [-0.1, -0.05) is 19.1 Å². The van der Waals surface area contributed by atoms with Gasteiger partial charge in [0.15, 0.2) is 0 Å². The maximum absolute atomic E-state index is 3.38. The van der Waals surface area contributed by atoms with Crippen molar-refractivity contribution in [3.8, 4) is 0 Å². The first-order valence-corrected chi connectivity index (χ1v) is 8.09. The van der Waals surface area contributed by atoms with Crippen LogP contribution in [-0.2, 0) is 0 Å². The van der Waals surface area contributed by atoms with Crippen LogP contribution in [0.2, 0.25) is 0 Å². The predicted molar refractivity (Wildman–Crippen MR) is 80.3 cm³/mol. The molecule has 1 aromatic rings. The van der Waals surface area contributed by atoms with Gasteiger partial charge in [0.2, 0.25) is 0 Å². The lowest BCUT2D eigenvalue weighted by Crippen LogP contribution is -2.57. The molecule has 0 amide bonds. The van der Waals surface area contributed by atoms with Crippen LogP contribution in [-0.4, -0.2) is 36.8 Å². The number of nitrogens with zero attached hydrogens (tertiary/aromatic N) is 1. The van der Waals surface area contributed by atoms with E-state index in [1.54, 1.807) is 11.8 Å². The van der Waals surface area contributed by atoms with Crippen LogP contribution >= 0.6 is 11.8 Å². The highest BCUT2D eigenvalue weighted by Crippen LogP contribution is 2.26. The monoisotopic (exact) mass is 264 g/mol. The van der Waals surface area contributed by atoms with Gasteiger partial charge in [-0.2, -0.15) is 0 Å². The topological polar surface area (TPSA) is 15.3 Å². The fourth-order valence-electron chi connectivity index (χ4n) is 2.53. The molecule has 0 spiro atoms. The van der Waals surface area contributed by atoms with Gasteiger partial charge in [-0.25, -0.2) is 0 Å². The van der Waals surface area contributed by atoms with Crippen molar-refractivity contribution >= 4 is 11.8 Å². The minimum atomic E-state index is 0.521. The molecule has 0 saturated carbocycles. The average Bonchev–Trinajstić information content (AvgIpc) is 2.35. The molecule has 1 unspecified atom stereocenters. The van der Waals surface area contributed by atoms with Crippen LogP contribution in [0.5, 0.6) is 0 Å². The van der Waals surface area contributed by atoms with E-state index >= 15 is 0 Å². The number of nitrogens with one attached hydrogen (secondary N) is 1. The first-order chi connectivity index (χ1) is 8.76.